The van der Waals surface area contributed by atoms with Crippen LogP contribution >= 0.6 is 0 Å². The molecule has 1 unspecified atom stereocenters. The van der Waals surface area contributed by atoms with Crippen molar-refractivity contribution in [1.82, 2.24) is 5.32 Å². The van der Waals surface area contributed by atoms with Gasteiger partial charge in [-0.3, -0.25) is 14.4 Å². The quantitative estimate of drug-likeness (QED) is 0.114. The summed E-state index contributed by atoms with van der Waals surface area (Å²) in [4.78, 5) is 81.4. The summed E-state index contributed by atoms with van der Waals surface area (Å²) < 4.78 is 35.1. The summed E-state index contributed by atoms with van der Waals surface area (Å²) in [5.74, 6) is -6.22. The van der Waals surface area contributed by atoms with Crippen molar-refractivity contribution < 1.29 is 72.5 Å². The predicted molar refractivity (Wildman–Crippen MR) is 201 cm³/mol. The van der Waals surface area contributed by atoms with Gasteiger partial charge in [0.25, 0.3) is 0 Å². The van der Waals surface area contributed by atoms with Crippen LogP contribution in [0.25, 0.3) is 0 Å². The van der Waals surface area contributed by atoms with E-state index in [1.165, 1.54) is 26.0 Å². The number of nitrogens with one attached hydrogen (secondary N) is 1. The molecule has 57 heavy (non-hydrogen) atoms. The van der Waals surface area contributed by atoms with Gasteiger partial charge in [-0.2, -0.15) is 0 Å². The van der Waals surface area contributed by atoms with Crippen LogP contribution in [0.5, 0.6) is 0 Å². The van der Waals surface area contributed by atoms with Crippen molar-refractivity contribution in [3.63, 3.8) is 0 Å². The lowest BCUT2D eigenvalue weighted by Crippen LogP contribution is -2.82. The molecule has 16 nitrogen and oxygen atoms in total. The Hall–Kier alpha value is -4.12. The summed E-state index contributed by atoms with van der Waals surface area (Å²) in [7, 11) is 0. The highest BCUT2D eigenvalue weighted by atomic mass is 16.6. The predicted octanol–water partition coefficient (Wildman–Crippen LogP) is 3.08. The number of Topliss-reactive ketones (excluding diaryl/α,β-unsaturated/α-hetero) is 1. The molecule has 16 heteroatoms. The van der Waals surface area contributed by atoms with E-state index in [2.05, 4.69) is 5.32 Å². The molecule has 3 aliphatic carbocycles. The van der Waals surface area contributed by atoms with Gasteiger partial charge >= 0.3 is 30.0 Å². The number of hydrogen-bond acceptors (Lipinski definition) is 15. The maximum atomic E-state index is 15.3. The molecule has 11 atom stereocenters. The van der Waals surface area contributed by atoms with Crippen molar-refractivity contribution in [2.75, 3.05) is 6.61 Å². The number of esters is 4. The van der Waals surface area contributed by atoms with Crippen LogP contribution in [0.3, 0.4) is 0 Å². The second kappa shape index (κ2) is 15.9. The molecule has 0 aromatic heterocycles. The van der Waals surface area contributed by atoms with Gasteiger partial charge in [0.15, 0.2) is 23.6 Å². The fraction of sp³-hybridized carbons (Fsp3) is 0.707. The monoisotopic (exact) mass is 805 g/mol. The Kier molecular flexibility index (Phi) is 12.7. The van der Waals surface area contributed by atoms with Gasteiger partial charge in [0.05, 0.1) is 30.1 Å². The van der Waals surface area contributed by atoms with Crippen LogP contribution in [0.2, 0.25) is 0 Å². The van der Waals surface area contributed by atoms with E-state index < -0.39 is 118 Å². The zero-order valence-electron chi connectivity index (χ0n) is 35.1. The first kappa shape index (κ1) is 45.6. The van der Waals surface area contributed by atoms with Gasteiger partial charge in [-0.15, -0.1) is 0 Å². The summed E-state index contributed by atoms with van der Waals surface area (Å²) >= 11 is 0. The number of aliphatic hydroxyl groups is 3. The number of amides is 1. The van der Waals surface area contributed by atoms with E-state index in [4.69, 9.17) is 28.4 Å². The molecular weight excluding hydrogens is 746 g/mol. The van der Waals surface area contributed by atoms with Crippen molar-refractivity contribution >= 4 is 35.8 Å². The van der Waals surface area contributed by atoms with Crippen LogP contribution in [-0.4, -0.2) is 117 Å². The topological polar surface area (TPSA) is 231 Å². The van der Waals surface area contributed by atoms with Gasteiger partial charge in [-0.05, 0) is 73.5 Å². The van der Waals surface area contributed by atoms with Gasteiger partial charge in [-0.1, -0.05) is 31.1 Å². The maximum absolute atomic E-state index is 15.3. The number of ether oxygens (including phenoxy) is 6. The Bertz CT molecular complexity index is 1760. The number of fused-ring (bicyclic) bond motifs is 5. The molecule has 0 spiro atoms. The summed E-state index contributed by atoms with van der Waals surface area (Å²) in [6.07, 6.45) is -8.68. The number of aliphatic hydroxyl groups excluding tert-OH is 2. The number of allylic oxidation sites excluding steroid dienone is 2. The molecule has 0 aromatic carbocycles. The molecule has 4 aliphatic rings. The van der Waals surface area contributed by atoms with Crippen molar-refractivity contribution in [3.05, 3.63) is 34.4 Å². The smallest absolute Gasteiger partial charge is 0.408 e. The maximum Gasteiger partial charge on any atom is 0.408 e. The van der Waals surface area contributed by atoms with E-state index in [9.17, 15) is 39.3 Å². The Labute approximate surface area is 333 Å². The first-order chi connectivity index (χ1) is 26.0. The van der Waals surface area contributed by atoms with E-state index >= 15 is 4.79 Å². The summed E-state index contributed by atoms with van der Waals surface area (Å²) in [5.41, 5.74) is -7.34. The SMILES string of the molecule is CC(=O)O[C@H]1C(=O)[C@]2(C)[C@@H](O)C[C@H]3OCC3(OC(C)=O)[C@@H]2[C@@H](OC(=O)C=C(C)C)[C@]2(O)C[C@@H](OC(=O)[C@H](O)[C@H](C=C(C)C)NC(=O)OC(C)(C)C)C(C)=C1C2(C)C. The second-order valence-corrected chi connectivity index (χ2v) is 17.9. The fourth-order valence-electron chi connectivity index (χ4n) is 9.03. The molecule has 2 bridgehead atoms. The average molecular weight is 806 g/mol. The Morgan fingerprint density at radius 1 is 0.947 bits per heavy atom. The second-order valence-electron chi connectivity index (χ2n) is 17.9. The van der Waals surface area contributed by atoms with Gasteiger partial charge in [-0.25, -0.2) is 14.4 Å². The zero-order chi connectivity index (χ0) is 43.4. The first-order valence-corrected chi connectivity index (χ1v) is 19.1. The van der Waals surface area contributed by atoms with Crippen LogP contribution in [0, 0.1) is 16.7 Å². The molecule has 1 aliphatic heterocycles. The Morgan fingerprint density at radius 2 is 1.56 bits per heavy atom. The van der Waals surface area contributed by atoms with Gasteiger partial charge in [0.1, 0.15) is 29.5 Å². The normalized spacial score (nSPS) is 33.9. The van der Waals surface area contributed by atoms with Crippen LogP contribution in [-0.2, 0) is 52.4 Å². The number of rotatable bonds is 9. The molecule has 4 N–H and O–H groups in total. The lowest BCUT2D eigenvalue weighted by atomic mass is 9.44. The molecule has 1 amide bonds. The Morgan fingerprint density at radius 3 is 2.05 bits per heavy atom. The van der Waals surface area contributed by atoms with Crippen molar-refractivity contribution in [2.45, 2.75) is 162 Å². The van der Waals surface area contributed by atoms with E-state index in [1.54, 1.807) is 62.3 Å². The van der Waals surface area contributed by atoms with Gasteiger partial charge in [0, 0.05) is 38.2 Å². The lowest BCUT2D eigenvalue weighted by molar-refractivity contribution is -0.347. The van der Waals surface area contributed by atoms with Crippen molar-refractivity contribution in [2.24, 2.45) is 16.7 Å². The minimum atomic E-state index is -2.35. The molecule has 0 aromatic rings. The van der Waals surface area contributed by atoms with E-state index in [1.807, 2.05) is 0 Å². The summed E-state index contributed by atoms with van der Waals surface area (Å²) in [6, 6.07) is -1.34. The fourth-order valence-corrected chi connectivity index (χ4v) is 9.03. The third-order valence-corrected chi connectivity index (χ3v) is 11.6. The molecule has 1 saturated heterocycles. The van der Waals surface area contributed by atoms with Crippen LogP contribution in [0.15, 0.2) is 34.4 Å². The van der Waals surface area contributed by atoms with Crippen molar-refractivity contribution in [3.8, 4) is 0 Å². The number of hydrogen-bond donors (Lipinski definition) is 4. The van der Waals surface area contributed by atoms with E-state index in [0.29, 0.717) is 11.1 Å². The zero-order valence-corrected chi connectivity index (χ0v) is 35.1. The number of carbonyl (C=O) groups excluding carboxylic acids is 6. The number of ketones is 1. The molecule has 3 fully saturated rings. The minimum Gasteiger partial charge on any atom is -0.456 e. The van der Waals surface area contributed by atoms with Crippen molar-refractivity contribution in [1.29, 1.82) is 0 Å². The molecule has 4 rings (SSSR count). The van der Waals surface area contributed by atoms with E-state index in [0.717, 1.165) is 13.8 Å². The van der Waals surface area contributed by atoms with Crippen LogP contribution in [0.4, 0.5) is 4.79 Å². The van der Waals surface area contributed by atoms with Gasteiger partial charge < -0.3 is 49.1 Å². The number of alkyl carbamates (subject to hydrolysis) is 1. The minimum absolute atomic E-state index is 0.000116. The van der Waals surface area contributed by atoms with E-state index in [-0.39, 0.29) is 24.2 Å². The third kappa shape index (κ3) is 8.41. The first-order valence-electron chi connectivity index (χ1n) is 19.1. The Balaban J connectivity index is 1.99. The number of carbonyl (C=O) groups is 6. The van der Waals surface area contributed by atoms with Crippen LogP contribution < -0.4 is 5.32 Å². The van der Waals surface area contributed by atoms with Gasteiger partial charge in [0.2, 0.25) is 0 Å². The third-order valence-electron chi connectivity index (χ3n) is 11.6. The molecule has 2 saturated carbocycles. The molecular formula is C41H59NO15. The average Bonchev–Trinajstić information content (AvgIpc) is 3.03. The van der Waals surface area contributed by atoms with Crippen LogP contribution in [0.1, 0.15) is 103 Å². The largest absolute Gasteiger partial charge is 0.456 e. The highest BCUT2D eigenvalue weighted by Gasteiger charge is 2.78. The standard InChI is InChI=1S/C41H59NO15/c1-19(2)14-24(42-36(50)57-37(8,9)10)30(47)35(49)54-25-17-41(51)34(55-28(46)15-20(3)4)32-39(13,26(45)16-27-40(32,18-52-27)56-23(7)44)33(48)31(53-22(6)43)29(21(25)5)38(41,11)12/h14-15,24-27,30-32,34,45,47,51H,16-18H2,1-13H3,(H,42,50)/t24-,25+,26-,27+,30+,31+,32+,34+,39+,40?,41+/m0/s1. The highest BCUT2D eigenvalue weighted by molar-refractivity contribution is 5.95. The molecule has 0 radical (unpaired) electrons. The molecule has 318 valence electrons. The highest BCUT2D eigenvalue weighted by Crippen LogP contribution is 2.64. The lowest BCUT2D eigenvalue weighted by Gasteiger charge is -2.67. The summed E-state index contributed by atoms with van der Waals surface area (Å²) in [6.45, 7) is 19.5. The molecule has 1 heterocycles. The summed E-state index contributed by atoms with van der Waals surface area (Å²) in [5, 5.41) is 39.2.